The Labute approximate surface area is 119 Å². The SMILES string of the molecule is CCc1ccc(CC(=O)c2cccc(I)c2)s1. The number of hydrogen-bond acceptors (Lipinski definition) is 2. The van der Waals surface area contributed by atoms with Crippen molar-refractivity contribution >= 4 is 39.7 Å². The van der Waals surface area contributed by atoms with E-state index in [2.05, 4.69) is 41.6 Å². The fraction of sp³-hybridized carbons (Fsp3) is 0.214. The van der Waals surface area contributed by atoms with Crippen molar-refractivity contribution < 1.29 is 4.79 Å². The van der Waals surface area contributed by atoms with Gasteiger partial charge in [0.1, 0.15) is 0 Å². The molecule has 1 heterocycles. The number of carbonyl (C=O) groups excluding carboxylic acids is 1. The predicted molar refractivity (Wildman–Crippen MR) is 80.9 cm³/mol. The minimum Gasteiger partial charge on any atom is -0.294 e. The summed E-state index contributed by atoms with van der Waals surface area (Å²) in [6, 6.07) is 11.9. The van der Waals surface area contributed by atoms with Gasteiger partial charge in [0.2, 0.25) is 0 Å². The summed E-state index contributed by atoms with van der Waals surface area (Å²) in [5, 5.41) is 0. The fourth-order valence-electron chi connectivity index (χ4n) is 1.63. The molecular weight excluding hydrogens is 343 g/mol. The van der Waals surface area contributed by atoms with E-state index in [0.29, 0.717) is 6.42 Å². The van der Waals surface area contributed by atoms with Crippen LogP contribution in [-0.2, 0) is 12.8 Å². The van der Waals surface area contributed by atoms with Gasteiger partial charge in [-0.25, -0.2) is 0 Å². The number of benzene rings is 1. The summed E-state index contributed by atoms with van der Waals surface area (Å²) < 4.78 is 1.11. The van der Waals surface area contributed by atoms with E-state index in [0.717, 1.165) is 20.4 Å². The zero-order valence-electron chi connectivity index (χ0n) is 9.57. The summed E-state index contributed by atoms with van der Waals surface area (Å²) in [6.45, 7) is 2.14. The first-order valence-electron chi connectivity index (χ1n) is 5.55. The van der Waals surface area contributed by atoms with Gasteiger partial charge in [0.15, 0.2) is 5.78 Å². The molecule has 88 valence electrons. The molecule has 0 aliphatic carbocycles. The Kier molecular flexibility index (Phi) is 4.34. The standard InChI is InChI=1S/C14H13IOS/c1-2-12-6-7-13(17-12)9-14(16)10-4-3-5-11(15)8-10/h3-8H,2,9H2,1H3. The lowest BCUT2D eigenvalue weighted by atomic mass is 10.1. The minimum absolute atomic E-state index is 0.202. The molecule has 0 N–H and O–H groups in total. The maximum absolute atomic E-state index is 12.1. The second-order valence-electron chi connectivity index (χ2n) is 3.83. The van der Waals surface area contributed by atoms with Crippen molar-refractivity contribution in [3.8, 4) is 0 Å². The molecule has 0 saturated carbocycles. The van der Waals surface area contributed by atoms with Gasteiger partial charge in [-0.3, -0.25) is 4.79 Å². The molecule has 3 heteroatoms. The average molecular weight is 356 g/mol. The molecule has 2 aromatic rings. The lowest BCUT2D eigenvalue weighted by molar-refractivity contribution is 0.0994. The Bertz CT molecular complexity index is 531. The summed E-state index contributed by atoms with van der Waals surface area (Å²) in [7, 11) is 0. The van der Waals surface area contributed by atoms with Gasteiger partial charge in [0.05, 0.1) is 0 Å². The van der Waals surface area contributed by atoms with E-state index in [1.165, 1.54) is 4.88 Å². The van der Waals surface area contributed by atoms with Crippen molar-refractivity contribution in [1.82, 2.24) is 0 Å². The summed E-state index contributed by atoms with van der Waals surface area (Å²) in [4.78, 5) is 14.6. The third-order valence-corrected chi connectivity index (χ3v) is 4.45. The van der Waals surface area contributed by atoms with Crippen molar-refractivity contribution in [2.24, 2.45) is 0 Å². The van der Waals surface area contributed by atoms with Crippen molar-refractivity contribution in [2.75, 3.05) is 0 Å². The second-order valence-corrected chi connectivity index (χ2v) is 6.33. The van der Waals surface area contributed by atoms with Gasteiger partial charge >= 0.3 is 0 Å². The highest BCUT2D eigenvalue weighted by atomic mass is 127. The molecule has 1 nitrogen and oxygen atoms in total. The molecular formula is C14H13IOS. The highest BCUT2D eigenvalue weighted by Gasteiger charge is 2.09. The Hall–Kier alpha value is -0.680. The number of rotatable bonds is 4. The Morgan fingerprint density at radius 1 is 1.24 bits per heavy atom. The smallest absolute Gasteiger partial charge is 0.168 e. The second kappa shape index (κ2) is 5.78. The molecule has 0 radical (unpaired) electrons. The first kappa shape index (κ1) is 12.8. The van der Waals surface area contributed by atoms with Crippen LogP contribution in [0.4, 0.5) is 0 Å². The molecule has 0 bridgehead atoms. The van der Waals surface area contributed by atoms with Crippen LogP contribution in [0.15, 0.2) is 36.4 Å². The Morgan fingerprint density at radius 2 is 2.00 bits per heavy atom. The van der Waals surface area contributed by atoms with E-state index in [1.807, 2.05) is 24.3 Å². The zero-order valence-corrected chi connectivity index (χ0v) is 12.5. The van der Waals surface area contributed by atoms with Crippen molar-refractivity contribution in [3.05, 3.63) is 55.3 Å². The average Bonchev–Trinajstić information content (AvgIpc) is 2.77. The van der Waals surface area contributed by atoms with Crippen LogP contribution in [-0.4, -0.2) is 5.78 Å². The van der Waals surface area contributed by atoms with Gasteiger partial charge in [0, 0.05) is 25.3 Å². The molecule has 0 amide bonds. The van der Waals surface area contributed by atoms with E-state index in [1.54, 1.807) is 11.3 Å². The van der Waals surface area contributed by atoms with Crippen molar-refractivity contribution in [2.45, 2.75) is 19.8 Å². The van der Waals surface area contributed by atoms with Gasteiger partial charge in [-0.05, 0) is 53.3 Å². The quantitative estimate of drug-likeness (QED) is 0.588. The van der Waals surface area contributed by atoms with Crippen LogP contribution in [0.3, 0.4) is 0 Å². The maximum atomic E-state index is 12.1. The monoisotopic (exact) mass is 356 g/mol. The number of carbonyl (C=O) groups is 1. The molecule has 17 heavy (non-hydrogen) atoms. The number of thiophene rings is 1. The van der Waals surface area contributed by atoms with Gasteiger partial charge in [-0.15, -0.1) is 11.3 Å². The van der Waals surface area contributed by atoms with E-state index in [-0.39, 0.29) is 5.78 Å². The van der Waals surface area contributed by atoms with Crippen LogP contribution in [0, 0.1) is 3.57 Å². The zero-order chi connectivity index (χ0) is 12.3. The lowest BCUT2D eigenvalue weighted by Crippen LogP contribution is -2.02. The molecule has 2 rings (SSSR count). The van der Waals surface area contributed by atoms with Crippen molar-refractivity contribution in [1.29, 1.82) is 0 Å². The summed E-state index contributed by atoms with van der Waals surface area (Å²) in [5.41, 5.74) is 0.809. The topological polar surface area (TPSA) is 17.1 Å². The molecule has 1 aromatic heterocycles. The number of halogens is 1. The van der Waals surface area contributed by atoms with Gasteiger partial charge in [0.25, 0.3) is 0 Å². The molecule has 0 spiro atoms. The number of aryl methyl sites for hydroxylation is 1. The van der Waals surface area contributed by atoms with Crippen LogP contribution >= 0.6 is 33.9 Å². The maximum Gasteiger partial charge on any atom is 0.168 e. The highest BCUT2D eigenvalue weighted by molar-refractivity contribution is 14.1. The van der Waals surface area contributed by atoms with Crippen LogP contribution in [0.5, 0.6) is 0 Å². The van der Waals surface area contributed by atoms with Crippen LogP contribution in [0.1, 0.15) is 27.0 Å². The van der Waals surface area contributed by atoms with Gasteiger partial charge in [-0.1, -0.05) is 19.1 Å². The third-order valence-electron chi connectivity index (χ3n) is 2.55. The summed E-state index contributed by atoms with van der Waals surface area (Å²) in [5.74, 6) is 0.202. The van der Waals surface area contributed by atoms with Gasteiger partial charge < -0.3 is 0 Å². The molecule has 1 aromatic carbocycles. The first-order valence-corrected chi connectivity index (χ1v) is 7.45. The molecule has 0 aliphatic rings. The van der Waals surface area contributed by atoms with Crippen molar-refractivity contribution in [3.63, 3.8) is 0 Å². The normalized spacial score (nSPS) is 10.5. The minimum atomic E-state index is 0.202. The van der Waals surface area contributed by atoms with Crippen LogP contribution < -0.4 is 0 Å². The highest BCUT2D eigenvalue weighted by Crippen LogP contribution is 2.19. The fourth-order valence-corrected chi connectivity index (χ4v) is 3.13. The van der Waals surface area contributed by atoms with E-state index in [9.17, 15) is 4.79 Å². The first-order chi connectivity index (χ1) is 8.19. The van der Waals surface area contributed by atoms with Crippen LogP contribution in [0.25, 0.3) is 0 Å². The van der Waals surface area contributed by atoms with Gasteiger partial charge in [-0.2, -0.15) is 0 Å². The predicted octanol–water partition coefficient (Wildman–Crippen LogP) is 4.34. The molecule has 0 aliphatic heterocycles. The molecule has 0 fully saturated rings. The molecule has 0 saturated heterocycles. The lowest BCUT2D eigenvalue weighted by Gasteiger charge is -1.99. The third kappa shape index (κ3) is 3.39. The number of hydrogen-bond donors (Lipinski definition) is 0. The number of ketones is 1. The Balaban J connectivity index is 2.11. The van der Waals surface area contributed by atoms with E-state index in [4.69, 9.17) is 0 Å². The summed E-state index contributed by atoms with van der Waals surface area (Å²) >= 11 is 3.97. The van der Waals surface area contributed by atoms with E-state index >= 15 is 0 Å². The molecule has 0 unspecified atom stereocenters. The van der Waals surface area contributed by atoms with Crippen LogP contribution in [0.2, 0.25) is 0 Å². The number of Topliss-reactive ketones (excluding diaryl/α,β-unsaturated/α-hetero) is 1. The van der Waals surface area contributed by atoms with E-state index < -0.39 is 0 Å². The molecule has 0 atom stereocenters. The largest absolute Gasteiger partial charge is 0.294 e. The Morgan fingerprint density at radius 3 is 2.65 bits per heavy atom. The summed E-state index contributed by atoms with van der Waals surface area (Å²) in [6.07, 6.45) is 1.56.